The van der Waals surface area contributed by atoms with Crippen LogP contribution in [-0.4, -0.2) is 41.9 Å². The fourth-order valence-corrected chi connectivity index (χ4v) is 3.79. The molecule has 1 heterocycles. The van der Waals surface area contributed by atoms with Crippen LogP contribution in [0.25, 0.3) is 0 Å². The van der Waals surface area contributed by atoms with E-state index in [0.29, 0.717) is 12.2 Å². The van der Waals surface area contributed by atoms with Crippen LogP contribution in [0.4, 0.5) is 5.69 Å². The molecule has 2 fully saturated rings. The van der Waals surface area contributed by atoms with Crippen LogP contribution < -0.4 is 5.32 Å². The number of rotatable bonds is 5. The average Bonchev–Trinajstić information content (AvgIpc) is 3.04. The predicted octanol–water partition coefficient (Wildman–Crippen LogP) is 2.66. The maximum Gasteiger partial charge on any atom is 0.311 e. The van der Waals surface area contributed by atoms with Gasteiger partial charge in [0.15, 0.2) is 6.61 Å². The molecule has 1 aromatic carbocycles. The Balaban J connectivity index is 1.47. The first-order valence-corrected chi connectivity index (χ1v) is 9.36. The van der Waals surface area contributed by atoms with Gasteiger partial charge >= 0.3 is 5.97 Å². The number of hydrogen-bond acceptors (Lipinski definition) is 4. The fourth-order valence-electron chi connectivity index (χ4n) is 3.79. The molecule has 6 nitrogen and oxygen atoms in total. The van der Waals surface area contributed by atoms with Crippen LogP contribution in [0.2, 0.25) is 0 Å². The molecule has 1 aliphatic heterocycles. The molecule has 1 saturated heterocycles. The van der Waals surface area contributed by atoms with E-state index in [9.17, 15) is 14.4 Å². The summed E-state index contributed by atoms with van der Waals surface area (Å²) in [6, 6.07) is 7.68. The summed E-state index contributed by atoms with van der Waals surface area (Å²) in [5.74, 6) is -1.27. The summed E-state index contributed by atoms with van der Waals surface area (Å²) in [7, 11) is 0. The Morgan fingerprint density at radius 1 is 1.19 bits per heavy atom. The number of nitrogens with one attached hydrogen (secondary N) is 1. The van der Waals surface area contributed by atoms with Gasteiger partial charge in [-0.2, -0.15) is 0 Å². The molecule has 1 aromatic rings. The van der Waals surface area contributed by atoms with Crippen molar-refractivity contribution in [1.82, 2.24) is 4.90 Å². The lowest BCUT2D eigenvalue weighted by Gasteiger charge is -2.31. The largest absolute Gasteiger partial charge is 0.455 e. The Morgan fingerprint density at radius 2 is 1.92 bits per heavy atom. The number of para-hydroxylation sites is 1. The summed E-state index contributed by atoms with van der Waals surface area (Å²) in [4.78, 5) is 38.3. The van der Waals surface area contributed by atoms with Crippen LogP contribution in [0, 0.1) is 12.8 Å². The average molecular weight is 358 g/mol. The lowest BCUT2D eigenvalue weighted by Crippen LogP contribution is -2.38. The third-order valence-electron chi connectivity index (χ3n) is 5.27. The monoisotopic (exact) mass is 358 g/mol. The summed E-state index contributed by atoms with van der Waals surface area (Å²) >= 11 is 0. The van der Waals surface area contributed by atoms with Crippen LogP contribution >= 0.6 is 0 Å². The molecule has 2 amide bonds. The van der Waals surface area contributed by atoms with E-state index in [1.165, 1.54) is 6.42 Å². The first kappa shape index (κ1) is 18.4. The van der Waals surface area contributed by atoms with Crippen molar-refractivity contribution in [3.63, 3.8) is 0 Å². The highest BCUT2D eigenvalue weighted by atomic mass is 16.5. The third kappa shape index (κ3) is 4.42. The molecule has 0 bridgehead atoms. The Labute approximate surface area is 153 Å². The summed E-state index contributed by atoms with van der Waals surface area (Å²) in [5, 5.41) is 2.73. The van der Waals surface area contributed by atoms with Crippen molar-refractivity contribution < 1.29 is 19.1 Å². The fraction of sp³-hybridized carbons (Fsp3) is 0.550. The van der Waals surface area contributed by atoms with Crippen LogP contribution in [-0.2, 0) is 19.1 Å². The van der Waals surface area contributed by atoms with Gasteiger partial charge in [-0.15, -0.1) is 0 Å². The molecule has 0 radical (unpaired) electrons. The molecule has 1 aliphatic carbocycles. The zero-order valence-electron chi connectivity index (χ0n) is 15.2. The zero-order chi connectivity index (χ0) is 18.5. The predicted molar refractivity (Wildman–Crippen MR) is 97.5 cm³/mol. The summed E-state index contributed by atoms with van der Waals surface area (Å²) < 4.78 is 5.15. The van der Waals surface area contributed by atoms with Crippen molar-refractivity contribution in [3.05, 3.63) is 29.8 Å². The van der Waals surface area contributed by atoms with Gasteiger partial charge in [0.2, 0.25) is 5.91 Å². The Hall–Kier alpha value is -2.37. The third-order valence-corrected chi connectivity index (χ3v) is 5.27. The van der Waals surface area contributed by atoms with E-state index in [0.717, 1.165) is 31.2 Å². The van der Waals surface area contributed by atoms with Crippen LogP contribution in [0.15, 0.2) is 24.3 Å². The quantitative estimate of drug-likeness (QED) is 0.821. The number of likely N-dealkylation sites (tertiary alicyclic amines) is 1. The van der Waals surface area contributed by atoms with Gasteiger partial charge in [0.05, 0.1) is 5.92 Å². The Bertz CT molecular complexity index is 682. The zero-order valence-corrected chi connectivity index (χ0v) is 15.2. The first-order chi connectivity index (χ1) is 12.5. The summed E-state index contributed by atoms with van der Waals surface area (Å²) in [6.07, 6.45) is 5.73. The van der Waals surface area contributed by atoms with Crippen molar-refractivity contribution >= 4 is 23.5 Å². The van der Waals surface area contributed by atoms with E-state index in [2.05, 4.69) is 5.32 Å². The van der Waals surface area contributed by atoms with Gasteiger partial charge in [-0.25, -0.2) is 0 Å². The van der Waals surface area contributed by atoms with E-state index < -0.39 is 11.9 Å². The number of amides is 2. The molecule has 26 heavy (non-hydrogen) atoms. The van der Waals surface area contributed by atoms with E-state index in [1.54, 1.807) is 6.07 Å². The highest BCUT2D eigenvalue weighted by Gasteiger charge is 2.39. The van der Waals surface area contributed by atoms with Crippen molar-refractivity contribution in [2.24, 2.45) is 5.92 Å². The SMILES string of the molecule is Cc1ccccc1NC(=O)COC(=O)C1CC(=O)N(C2CCCCC2)C1. The molecular weight excluding hydrogens is 332 g/mol. The number of anilines is 1. The highest BCUT2D eigenvalue weighted by molar-refractivity contribution is 5.94. The Morgan fingerprint density at radius 3 is 2.65 bits per heavy atom. The van der Waals surface area contributed by atoms with Crippen LogP contribution in [0.5, 0.6) is 0 Å². The number of aryl methyl sites for hydroxylation is 1. The number of carbonyl (C=O) groups is 3. The number of nitrogens with zero attached hydrogens (tertiary/aromatic N) is 1. The second-order valence-electron chi connectivity index (χ2n) is 7.21. The molecule has 0 spiro atoms. The minimum Gasteiger partial charge on any atom is -0.455 e. The van der Waals surface area contributed by atoms with Crippen molar-refractivity contribution in [1.29, 1.82) is 0 Å². The van der Waals surface area contributed by atoms with E-state index >= 15 is 0 Å². The first-order valence-electron chi connectivity index (χ1n) is 9.36. The summed E-state index contributed by atoms with van der Waals surface area (Å²) in [6.45, 7) is 1.98. The second kappa shape index (κ2) is 8.34. The lowest BCUT2D eigenvalue weighted by molar-refractivity contribution is -0.151. The lowest BCUT2D eigenvalue weighted by atomic mass is 9.94. The van der Waals surface area contributed by atoms with Crippen LogP contribution in [0.3, 0.4) is 0 Å². The van der Waals surface area contributed by atoms with Gasteiger partial charge in [-0.1, -0.05) is 37.5 Å². The number of carbonyl (C=O) groups excluding carboxylic acids is 3. The minimum atomic E-state index is -0.462. The number of hydrogen-bond donors (Lipinski definition) is 1. The van der Waals surface area contributed by atoms with Gasteiger partial charge in [0, 0.05) is 24.7 Å². The molecule has 6 heteroatoms. The molecule has 1 N–H and O–H groups in total. The molecule has 1 saturated carbocycles. The maximum atomic E-state index is 12.3. The molecule has 140 valence electrons. The van der Waals surface area contributed by atoms with E-state index in [-0.39, 0.29) is 30.9 Å². The second-order valence-corrected chi connectivity index (χ2v) is 7.21. The molecule has 0 aromatic heterocycles. The molecule has 1 unspecified atom stereocenters. The normalized spacial score (nSPS) is 20.9. The number of ether oxygens (including phenoxy) is 1. The highest BCUT2D eigenvalue weighted by Crippen LogP contribution is 2.29. The van der Waals surface area contributed by atoms with Crippen molar-refractivity contribution in [3.8, 4) is 0 Å². The van der Waals surface area contributed by atoms with Crippen LogP contribution in [0.1, 0.15) is 44.1 Å². The smallest absolute Gasteiger partial charge is 0.311 e. The standard InChI is InChI=1S/C20H26N2O4/c1-14-7-5-6-10-17(14)21-18(23)13-26-20(25)15-11-19(24)22(12-15)16-8-3-2-4-9-16/h5-7,10,15-16H,2-4,8-9,11-13H2,1H3,(H,21,23). The molecule has 2 aliphatic rings. The van der Waals surface area contributed by atoms with Gasteiger partial charge in [0.25, 0.3) is 5.91 Å². The molecule has 1 atom stereocenters. The molecular formula is C20H26N2O4. The topological polar surface area (TPSA) is 75.7 Å². The van der Waals surface area contributed by atoms with Crippen molar-refractivity contribution in [2.45, 2.75) is 51.5 Å². The van der Waals surface area contributed by atoms with Gasteiger partial charge in [-0.05, 0) is 31.4 Å². The van der Waals surface area contributed by atoms with Crippen molar-refractivity contribution in [2.75, 3.05) is 18.5 Å². The summed E-state index contributed by atoms with van der Waals surface area (Å²) in [5.41, 5.74) is 1.64. The van der Waals surface area contributed by atoms with Gasteiger partial charge in [0.1, 0.15) is 0 Å². The number of benzene rings is 1. The molecule has 3 rings (SSSR count). The van der Waals surface area contributed by atoms with E-state index in [4.69, 9.17) is 4.74 Å². The van der Waals surface area contributed by atoms with Gasteiger partial charge < -0.3 is 15.0 Å². The van der Waals surface area contributed by atoms with E-state index in [1.807, 2.05) is 30.0 Å². The number of esters is 1. The Kier molecular flexibility index (Phi) is 5.91. The minimum absolute atomic E-state index is 0.0308. The van der Waals surface area contributed by atoms with Gasteiger partial charge in [-0.3, -0.25) is 14.4 Å². The maximum absolute atomic E-state index is 12.3.